The lowest BCUT2D eigenvalue weighted by Crippen LogP contribution is -2.58. The van der Waals surface area contributed by atoms with E-state index in [1.165, 1.54) is 0 Å². The van der Waals surface area contributed by atoms with Gasteiger partial charge in [0.15, 0.2) is 0 Å². The van der Waals surface area contributed by atoms with Crippen LogP contribution in [-0.2, 0) is 4.79 Å². The van der Waals surface area contributed by atoms with E-state index in [0.29, 0.717) is 6.54 Å². The Morgan fingerprint density at radius 2 is 2.27 bits per heavy atom. The average Bonchev–Trinajstić information content (AvgIpc) is 2.28. The lowest BCUT2D eigenvalue weighted by molar-refractivity contribution is -0.143. The highest BCUT2D eigenvalue weighted by atomic mass is 16.2. The summed E-state index contributed by atoms with van der Waals surface area (Å²) in [4.78, 5) is 14.2. The summed E-state index contributed by atoms with van der Waals surface area (Å²) >= 11 is 0. The summed E-state index contributed by atoms with van der Waals surface area (Å²) in [5.41, 5.74) is 5.42. The van der Waals surface area contributed by atoms with Crippen LogP contribution in [0.5, 0.6) is 0 Å². The van der Waals surface area contributed by atoms with Crippen LogP contribution in [0.2, 0.25) is 0 Å². The molecule has 1 rings (SSSR count). The lowest BCUT2D eigenvalue weighted by atomic mass is 9.87. The zero-order valence-electron chi connectivity index (χ0n) is 10.0. The maximum Gasteiger partial charge on any atom is 0.228 e. The van der Waals surface area contributed by atoms with Crippen LogP contribution in [0.3, 0.4) is 0 Å². The second kappa shape index (κ2) is 4.94. The Labute approximate surface area is 92.2 Å². The Kier molecular flexibility index (Phi) is 4.11. The molecule has 0 saturated carbocycles. The predicted octanol–water partition coefficient (Wildman–Crippen LogP) is 0.182. The highest BCUT2D eigenvalue weighted by molar-refractivity contribution is 5.82. The van der Waals surface area contributed by atoms with Gasteiger partial charge in [-0.2, -0.15) is 0 Å². The molecule has 1 atom stereocenters. The first-order valence-electron chi connectivity index (χ1n) is 5.74. The van der Waals surface area contributed by atoms with Gasteiger partial charge >= 0.3 is 0 Å². The Morgan fingerprint density at radius 3 is 2.80 bits per heavy atom. The zero-order chi connectivity index (χ0) is 11.5. The molecule has 1 saturated heterocycles. The van der Waals surface area contributed by atoms with Gasteiger partial charge in [0.2, 0.25) is 5.91 Å². The van der Waals surface area contributed by atoms with E-state index in [4.69, 9.17) is 5.73 Å². The van der Waals surface area contributed by atoms with E-state index >= 15 is 0 Å². The third-order valence-corrected chi connectivity index (χ3v) is 3.35. The number of hydrogen-bond donors (Lipinski definition) is 2. The molecule has 0 aromatic heterocycles. The van der Waals surface area contributed by atoms with Crippen LogP contribution in [0.25, 0.3) is 0 Å². The summed E-state index contributed by atoms with van der Waals surface area (Å²) < 4.78 is 0. The molecule has 0 aliphatic carbocycles. The first-order chi connectivity index (χ1) is 7.03. The number of amides is 1. The number of nitrogens with two attached hydrogens (primary N) is 1. The molecule has 4 heteroatoms. The van der Waals surface area contributed by atoms with Crippen molar-refractivity contribution in [3.8, 4) is 0 Å². The normalized spacial score (nSPS) is 22.9. The van der Waals surface area contributed by atoms with Crippen LogP contribution >= 0.6 is 0 Å². The molecule has 0 spiro atoms. The zero-order valence-corrected chi connectivity index (χ0v) is 10.0. The Balaban J connectivity index is 2.72. The molecule has 1 aliphatic rings. The highest BCUT2D eigenvalue weighted by Gasteiger charge is 2.34. The number of rotatable bonds is 3. The monoisotopic (exact) mass is 213 g/mol. The van der Waals surface area contributed by atoms with Crippen LogP contribution in [0, 0.1) is 5.41 Å². The van der Waals surface area contributed by atoms with Crippen molar-refractivity contribution >= 4 is 5.91 Å². The molecular formula is C11H23N3O. The molecule has 0 aromatic carbocycles. The number of nitrogens with one attached hydrogen (secondary N) is 1. The number of carbonyl (C=O) groups excluding carboxylic acids is 1. The van der Waals surface area contributed by atoms with Crippen LogP contribution in [-0.4, -0.2) is 43.0 Å². The highest BCUT2D eigenvalue weighted by Crippen LogP contribution is 2.24. The second-order valence-corrected chi connectivity index (χ2v) is 4.83. The summed E-state index contributed by atoms with van der Waals surface area (Å²) in [5.74, 6) is 0.238. The lowest BCUT2D eigenvalue weighted by Gasteiger charge is -2.39. The predicted molar refractivity (Wildman–Crippen MR) is 61.5 cm³/mol. The molecule has 1 fully saturated rings. The van der Waals surface area contributed by atoms with Crippen molar-refractivity contribution in [2.75, 3.05) is 26.2 Å². The van der Waals surface area contributed by atoms with Crippen molar-refractivity contribution in [2.45, 2.75) is 33.2 Å². The van der Waals surface area contributed by atoms with Crippen LogP contribution in [0.15, 0.2) is 0 Å². The average molecular weight is 213 g/mol. The Hall–Kier alpha value is -0.610. The van der Waals surface area contributed by atoms with E-state index < -0.39 is 0 Å². The minimum Gasteiger partial charge on any atom is -0.335 e. The summed E-state index contributed by atoms with van der Waals surface area (Å²) in [6.45, 7) is 9.08. The van der Waals surface area contributed by atoms with Crippen molar-refractivity contribution in [3.05, 3.63) is 0 Å². The molecule has 0 radical (unpaired) electrons. The summed E-state index contributed by atoms with van der Waals surface area (Å²) in [6, 6.07) is 0.164. The molecule has 1 unspecified atom stereocenters. The van der Waals surface area contributed by atoms with E-state index in [9.17, 15) is 4.79 Å². The molecule has 1 aliphatic heterocycles. The largest absolute Gasteiger partial charge is 0.335 e. The van der Waals surface area contributed by atoms with Gasteiger partial charge in [0.05, 0.1) is 6.04 Å². The molecule has 88 valence electrons. The molecule has 3 N–H and O–H groups in total. The third kappa shape index (κ3) is 2.69. The number of nitrogens with zero attached hydrogens (tertiary/aromatic N) is 1. The molecule has 15 heavy (non-hydrogen) atoms. The van der Waals surface area contributed by atoms with Crippen molar-refractivity contribution < 1.29 is 4.79 Å². The minimum atomic E-state index is -0.259. The fraction of sp³-hybridized carbons (Fsp3) is 0.909. The smallest absolute Gasteiger partial charge is 0.228 e. The van der Waals surface area contributed by atoms with Crippen LogP contribution in [0.1, 0.15) is 27.2 Å². The van der Waals surface area contributed by atoms with Gasteiger partial charge in [-0.1, -0.05) is 20.8 Å². The van der Waals surface area contributed by atoms with E-state index in [1.807, 2.05) is 18.7 Å². The first-order valence-corrected chi connectivity index (χ1v) is 5.74. The SMILES string of the molecule is CCC(C)(C)C(=O)N1CCNCC1CN. The van der Waals surface area contributed by atoms with Crippen molar-refractivity contribution in [1.29, 1.82) is 0 Å². The number of carbonyl (C=O) groups is 1. The molecule has 0 aromatic rings. The Morgan fingerprint density at radius 1 is 1.60 bits per heavy atom. The molecule has 1 heterocycles. The molecule has 0 bridgehead atoms. The van der Waals surface area contributed by atoms with E-state index in [1.54, 1.807) is 0 Å². The van der Waals surface area contributed by atoms with Gasteiger partial charge in [0.1, 0.15) is 0 Å². The van der Waals surface area contributed by atoms with Gasteiger partial charge in [-0.3, -0.25) is 4.79 Å². The van der Waals surface area contributed by atoms with E-state index in [0.717, 1.165) is 26.1 Å². The maximum atomic E-state index is 12.3. The number of piperazine rings is 1. The van der Waals surface area contributed by atoms with Gasteiger partial charge in [-0.25, -0.2) is 0 Å². The van der Waals surface area contributed by atoms with Crippen LogP contribution in [0.4, 0.5) is 0 Å². The molecular weight excluding hydrogens is 190 g/mol. The van der Waals surface area contributed by atoms with Gasteiger partial charge in [-0.15, -0.1) is 0 Å². The Bertz CT molecular complexity index is 228. The maximum absolute atomic E-state index is 12.3. The molecule has 4 nitrogen and oxygen atoms in total. The standard InChI is InChI=1S/C11H23N3O/c1-4-11(2,3)10(15)14-6-5-13-8-9(14)7-12/h9,13H,4-8,12H2,1-3H3. The summed E-state index contributed by atoms with van der Waals surface area (Å²) in [6.07, 6.45) is 0.868. The van der Waals surface area contributed by atoms with E-state index in [2.05, 4.69) is 12.2 Å². The van der Waals surface area contributed by atoms with Gasteiger partial charge in [-0.05, 0) is 6.42 Å². The van der Waals surface area contributed by atoms with Gasteiger partial charge < -0.3 is 16.0 Å². The fourth-order valence-corrected chi connectivity index (χ4v) is 1.78. The van der Waals surface area contributed by atoms with Crippen molar-refractivity contribution in [2.24, 2.45) is 11.1 Å². The van der Waals surface area contributed by atoms with Crippen LogP contribution < -0.4 is 11.1 Å². The fourth-order valence-electron chi connectivity index (χ4n) is 1.78. The second-order valence-electron chi connectivity index (χ2n) is 4.83. The van der Waals surface area contributed by atoms with Gasteiger partial charge in [0, 0.05) is 31.6 Å². The van der Waals surface area contributed by atoms with E-state index in [-0.39, 0.29) is 17.4 Å². The van der Waals surface area contributed by atoms with Crippen molar-refractivity contribution in [1.82, 2.24) is 10.2 Å². The topological polar surface area (TPSA) is 58.4 Å². The summed E-state index contributed by atoms with van der Waals surface area (Å²) in [5, 5.41) is 3.27. The van der Waals surface area contributed by atoms with Crippen molar-refractivity contribution in [3.63, 3.8) is 0 Å². The quantitative estimate of drug-likeness (QED) is 0.703. The molecule has 1 amide bonds. The third-order valence-electron chi connectivity index (χ3n) is 3.35. The van der Waals surface area contributed by atoms with Gasteiger partial charge in [0.25, 0.3) is 0 Å². The first kappa shape index (κ1) is 12.5. The summed E-state index contributed by atoms with van der Waals surface area (Å²) in [7, 11) is 0. The minimum absolute atomic E-state index is 0.164. The number of hydrogen-bond acceptors (Lipinski definition) is 3.